The zero-order valence-electron chi connectivity index (χ0n) is 14.6. The topological polar surface area (TPSA) is 45.2 Å². The molecule has 0 radical (unpaired) electrons. The normalized spacial score (nSPS) is 20.2. The number of piperidine rings is 1. The highest BCUT2D eigenvalue weighted by molar-refractivity contribution is 6.06. The van der Waals surface area contributed by atoms with Gasteiger partial charge in [0.1, 0.15) is 0 Å². The third kappa shape index (κ3) is 3.53. The Kier molecular flexibility index (Phi) is 4.68. The molecule has 25 heavy (non-hydrogen) atoms. The van der Waals surface area contributed by atoms with Gasteiger partial charge in [0.05, 0.1) is 5.69 Å². The van der Waals surface area contributed by atoms with E-state index >= 15 is 0 Å². The second-order valence-electron chi connectivity index (χ2n) is 7.12. The van der Waals surface area contributed by atoms with Crippen LogP contribution in [0.4, 0.5) is 11.4 Å². The molecule has 1 atom stereocenters. The van der Waals surface area contributed by atoms with E-state index in [1.165, 1.54) is 30.3 Å². The van der Waals surface area contributed by atoms with Crippen molar-refractivity contribution < 1.29 is 4.79 Å². The molecule has 2 aromatic rings. The minimum absolute atomic E-state index is 0.0902. The molecule has 1 aliphatic heterocycles. The summed E-state index contributed by atoms with van der Waals surface area (Å²) >= 11 is 0. The molecule has 4 heteroatoms. The van der Waals surface area contributed by atoms with Gasteiger partial charge in [-0.15, -0.1) is 0 Å². The number of hydrogen-bond donors (Lipinski definition) is 1. The average Bonchev–Trinajstić information content (AvgIpc) is 3.15. The third-order valence-corrected chi connectivity index (χ3v) is 5.33. The van der Waals surface area contributed by atoms with Crippen molar-refractivity contribution >= 4 is 28.1 Å². The fourth-order valence-corrected chi connectivity index (χ4v) is 4.00. The Bertz CT molecular complexity index is 793. The fraction of sp³-hybridized carbons (Fsp3) is 0.429. The summed E-state index contributed by atoms with van der Waals surface area (Å²) in [7, 11) is 0. The second kappa shape index (κ2) is 7.26. The molecule has 0 spiro atoms. The van der Waals surface area contributed by atoms with E-state index in [9.17, 15) is 4.79 Å². The quantitative estimate of drug-likeness (QED) is 0.836. The number of fused-ring (bicyclic) bond motifs is 1. The number of nitrogens with one attached hydrogen (secondary N) is 1. The lowest BCUT2D eigenvalue weighted by atomic mass is 10.0. The zero-order valence-corrected chi connectivity index (χ0v) is 14.6. The number of aromatic nitrogens is 1. The molecule has 4 nitrogen and oxygen atoms in total. The van der Waals surface area contributed by atoms with Crippen molar-refractivity contribution in [2.75, 3.05) is 23.3 Å². The SMILES string of the molecule is O=C(CC1C=CCC1)Nc1ccc(N2CCCCC2)c2ccncc12. The number of allylic oxidation sites excluding steroid dienone is 2. The van der Waals surface area contributed by atoms with Gasteiger partial charge in [-0.3, -0.25) is 9.78 Å². The summed E-state index contributed by atoms with van der Waals surface area (Å²) in [5, 5.41) is 5.32. The van der Waals surface area contributed by atoms with Gasteiger partial charge in [0.15, 0.2) is 0 Å². The van der Waals surface area contributed by atoms with Crippen molar-refractivity contribution in [1.29, 1.82) is 0 Å². The number of carbonyl (C=O) groups is 1. The minimum Gasteiger partial charge on any atom is -0.371 e. The van der Waals surface area contributed by atoms with E-state index < -0.39 is 0 Å². The summed E-state index contributed by atoms with van der Waals surface area (Å²) < 4.78 is 0. The molecule has 1 aromatic carbocycles. The van der Waals surface area contributed by atoms with Crippen LogP contribution in [0, 0.1) is 5.92 Å². The van der Waals surface area contributed by atoms with Crippen LogP contribution in [-0.2, 0) is 4.79 Å². The predicted octanol–water partition coefficient (Wildman–Crippen LogP) is 4.52. The molecule has 2 aliphatic rings. The molecule has 1 fully saturated rings. The maximum atomic E-state index is 12.4. The van der Waals surface area contributed by atoms with Gasteiger partial charge in [-0.05, 0) is 56.2 Å². The summed E-state index contributed by atoms with van der Waals surface area (Å²) in [6, 6.07) is 6.25. The molecule has 2 heterocycles. The number of anilines is 2. The molecule has 1 aromatic heterocycles. The summed E-state index contributed by atoms with van der Waals surface area (Å²) in [5.41, 5.74) is 2.13. The number of carbonyl (C=O) groups excluding carboxylic acids is 1. The van der Waals surface area contributed by atoms with Crippen molar-refractivity contribution in [1.82, 2.24) is 4.98 Å². The van der Waals surface area contributed by atoms with Crippen LogP contribution >= 0.6 is 0 Å². The maximum Gasteiger partial charge on any atom is 0.224 e. The van der Waals surface area contributed by atoms with Crippen LogP contribution in [0.2, 0.25) is 0 Å². The highest BCUT2D eigenvalue weighted by Crippen LogP contribution is 2.33. The molecular formula is C21H25N3O. The molecule has 1 saturated heterocycles. The van der Waals surface area contributed by atoms with Crippen molar-refractivity contribution in [3.63, 3.8) is 0 Å². The molecule has 0 saturated carbocycles. The van der Waals surface area contributed by atoms with Crippen LogP contribution in [-0.4, -0.2) is 24.0 Å². The second-order valence-corrected chi connectivity index (χ2v) is 7.12. The summed E-state index contributed by atoms with van der Waals surface area (Å²) in [6.07, 6.45) is 14.6. The van der Waals surface area contributed by atoms with Crippen molar-refractivity contribution in [3.05, 3.63) is 42.7 Å². The molecule has 1 unspecified atom stereocenters. The standard InChI is InChI=1S/C21H25N3O/c25-21(14-16-6-2-3-7-16)23-19-8-9-20(24-12-4-1-5-13-24)17-10-11-22-15-18(17)19/h2,6,8-11,15-16H,1,3-5,7,12-14H2,(H,23,25). The Hall–Kier alpha value is -2.36. The van der Waals surface area contributed by atoms with Crippen LogP contribution in [0.25, 0.3) is 10.8 Å². The van der Waals surface area contributed by atoms with E-state index in [1.807, 2.05) is 18.5 Å². The first-order valence-corrected chi connectivity index (χ1v) is 9.39. The van der Waals surface area contributed by atoms with E-state index in [2.05, 4.69) is 39.5 Å². The summed E-state index contributed by atoms with van der Waals surface area (Å²) in [4.78, 5) is 19.2. The van der Waals surface area contributed by atoms with Gasteiger partial charge in [0.25, 0.3) is 0 Å². The first-order chi connectivity index (χ1) is 12.3. The van der Waals surface area contributed by atoms with Crippen LogP contribution in [0.1, 0.15) is 38.5 Å². The Balaban J connectivity index is 1.59. The Morgan fingerprint density at radius 1 is 1.16 bits per heavy atom. The zero-order chi connectivity index (χ0) is 17.1. The van der Waals surface area contributed by atoms with Crippen LogP contribution in [0.3, 0.4) is 0 Å². The third-order valence-electron chi connectivity index (χ3n) is 5.33. The van der Waals surface area contributed by atoms with E-state index in [1.54, 1.807) is 0 Å². The monoisotopic (exact) mass is 335 g/mol. The Morgan fingerprint density at radius 3 is 2.84 bits per heavy atom. The smallest absolute Gasteiger partial charge is 0.224 e. The van der Waals surface area contributed by atoms with Crippen LogP contribution in [0.15, 0.2) is 42.7 Å². The van der Waals surface area contributed by atoms with E-state index in [-0.39, 0.29) is 5.91 Å². The number of hydrogen-bond acceptors (Lipinski definition) is 3. The van der Waals surface area contributed by atoms with Crippen molar-refractivity contribution in [2.45, 2.75) is 38.5 Å². The highest BCUT2D eigenvalue weighted by Gasteiger charge is 2.17. The van der Waals surface area contributed by atoms with Crippen LogP contribution < -0.4 is 10.2 Å². The first-order valence-electron chi connectivity index (χ1n) is 9.39. The van der Waals surface area contributed by atoms with Crippen LogP contribution in [0.5, 0.6) is 0 Å². The van der Waals surface area contributed by atoms with Gasteiger partial charge in [0, 0.05) is 48.4 Å². The number of benzene rings is 1. The van der Waals surface area contributed by atoms with E-state index in [0.29, 0.717) is 12.3 Å². The molecule has 4 rings (SSSR count). The Labute approximate surface area is 148 Å². The van der Waals surface area contributed by atoms with Gasteiger partial charge >= 0.3 is 0 Å². The number of nitrogens with zero attached hydrogens (tertiary/aromatic N) is 2. The maximum absolute atomic E-state index is 12.4. The van der Waals surface area contributed by atoms with Gasteiger partial charge in [0.2, 0.25) is 5.91 Å². The number of pyridine rings is 1. The first kappa shape index (κ1) is 16.1. The van der Waals surface area contributed by atoms with Gasteiger partial charge in [-0.1, -0.05) is 12.2 Å². The molecule has 130 valence electrons. The minimum atomic E-state index is 0.0902. The Morgan fingerprint density at radius 2 is 2.04 bits per heavy atom. The van der Waals surface area contributed by atoms with Gasteiger partial charge < -0.3 is 10.2 Å². The molecule has 1 aliphatic carbocycles. The lowest BCUT2D eigenvalue weighted by molar-refractivity contribution is -0.116. The molecule has 0 bridgehead atoms. The summed E-state index contributed by atoms with van der Waals surface area (Å²) in [6.45, 7) is 2.22. The van der Waals surface area contributed by atoms with E-state index in [0.717, 1.165) is 37.0 Å². The average molecular weight is 335 g/mol. The predicted molar refractivity (Wildman–Crippen MR) is 103 cm³/mol. The fourth-order valence-electron chi connectivity index (χ4n) is 4.00. The number of amides is 1. The lowest BCUT2D eigenvalue weighted by Crippen LogP contribution is -2.29. The van der Waals surface area contributed by atoms with Crippen molar-refractivity contribution in [2.24, 2.45) is 5.92 Å². The van der Waals surface area contributed by atoms with Crippen molar-refractivity contribution in [3.8, 4) is 0 Å². The lowest BCUT2D eigenvalue weighted by Gasteiger charge is -2.30. The van der Waals surface area contributed by atoms with E-state index in [4.69, 9.17) is 0 Å². The molecule has 1 amide bonds. The molecule has 1 N–H and O–H groups in total. The number of rotatable bonds is 4. The highest BCUT2D eigenvalue weighted by atomic mass is 16.1. The van der Waals surface area contributed by atoms with Gasteiger partial charge in [-0.25, -0.2) is 0 Å². The molecular weight excluding hydrogens is 310 g/mol. The van der Waals surface area contributed by atoms with Gasteiger partial charge in [-0.2, -0.15) is 0 Å². The summed E-state index contributed by atoms with van der Waals surface area (Å²) in [5.74, 6) is 0.476. The largest absolute Gasteiger partial charge is 0.371 e.